The number of hydrogen-bond acceptors (Lipinski definition) is 8. The number of carbonyl (C=O) groups is 1. The first-order chi connectivity index (χ1) is 14.4. The van der Waals surface area contributed by atoms with E-state index in [1.807, 2.05) is 36.1 Å². The van der Waals surface area contributed by atoms with E-state index in [1.165, 1.54) is 12.6 Å². The van der Waals surface area contributed by atoms with Crippen molar-refractivity contribution in [2.45, 2.75) is 51.6 Å². The van der Waals surface area contributed by atoms with Crippen LogP contribution in [-0.2, 0) is 4.74 Å². The first-order valence-electron chi connectivity index (χ1n) is 10.3. The molecule has 2 heterocycles. The van der Waals surface area contributed by atoms with Crippen LogP contribution < -0.4 is 16.4 Å². The third-order valence-corrected chi connectivity index (χ3v) is 5.71. The molecule has 0 saturated heterocycles. The molecule has 2 aromatic rings. The van der Waals surface area contributed by atoms with E-state index in [0.717, 1.165) is 42.8 Å². The van der Waals surface area contributed by atoms with E-state index < -0.39 is 5.66 Å². The summed E-state index contributed by atoms with van der Waals surface area (Å²) in [6.07, 6.45) is 6.62. The van der Waals surface area contributed by atoms with Crippen molar-refractivity contribution in [3.05, 3.63) is 41.7 Å². The minimum atomic E-state index is -0.478. The number of anilines is 1. The normalized spacial score (nSPS) is 18.1. The Bertz CT molecular complexity index is 1000. The Kier molecular flexibility index (Phi) is 5.19. The lowest BCUT2D eigenvalue weighted by atomic mass is 9.87. The summed E-state index contributed by atoms with van der Waals surface area (Å²) < 4.78 is 6.81. The lowest BCUT2D eigenvalue weighted by molar-refractivity contribution is 0.0525. The van der Waals surface area contributed by atoms with Gasteiger partial charge in [0.25, 0.3) is 0 Å². The van der Waals surface area contributed by atoms with E-state index >= 15 is 0 Å². The molecule has 0 unspecified atom stereocenters. The molecule has 1 aliphatic carbocycles. The highest BCUT2D eigenvalue weighted by atomic mass is 16.5. The number of esters is 1. The van der Waals surface area contributed by atoms with Crippen molar-refractivity contribution in [1.82, 2.24) is 9.78 Å². The molecule has 0 radical (unpaired) electrons. The monoisotopic (exact) mass is 409 g/mol. The number of nitrogens with zero attached hydrogens (tertiary/aromatic N) is 5. The Hall–Kier alpha value is -3.36. The van der Waals surface area contributed by atoms with Crippen LogP contribution in [0, 0.1) is 6.92 Å². The third-order valence-electron chi connectivity index (χ3n) is 5.71. The molecular weight excluding hydrogens is 382 g/mol. The second-order valence-electron chi connectivity index (χ2n) is 7.61. The molecule has 30 heavy (non-hydrogen) atoms. The van der Waals surface area contributed by atoms with Crippen LogP contribution in [0.1, 0.15) is 55.1 Å². The number of carbonyl (C=O) groups excluding carboxylic acids is 1. The molecule has 1 saturated carbocycles. The Balaban J connectivity index is 1.65. The SMILES string of the molecule is CCOC(=O)c1cnn(-c2ccc(N3C(N)=NC(N)=NC34CCCCC4)cc2)c1C. The molecule has 1 aliphatic heterocycles. The number of hydrogen-bond donors (Lipinski definition) is 2. The molecule has 2 aliphatic rings. The maximum atomic E-state index is 12.1. The molecular formula is C21H27N7O2. The van der Waals surface area contributed by atoms with Crippen molar-refractivity contribution in [1.29, 1.82) is 0 Å². The molecule has 4 N–H and O–H groups in total. The Morgan fingerprint density at radius 3 is 2.47 bits per heavy atom. The van der Waals surface area contributed by atoms with Gasteiger partial charge in [0.2, 0.25) is 11.9 Å². The molecule has 1 fully saturated rings. The molecule has 0 amide bonds. The second-order valence-corrected chi connectivity index (χ2v) is 7.61. The standard InChI is InChI=1S/C21H27N7O2/c1-3-30-18(29)17-13-24-28(14(17)2)16-9-7-15(8-10-16)27-20(23)25-19(22)26-21(27)11-5-4-6-12-21/h7-10,13H,3-6,11-12H2,1-2H3,(H4,22,23,25,26). The summed E-state index contributed by atoms with van der Waals surface area (Å²) in [5.74, 6) is 0.225. The van der Waals surface area contributed by atoms with E-state index in [2.05, 4.69) is 10.1 Å². The quantitative estimate of drug-likeness (QED) is 0.748. The van der Waals surface area contributed by atoms with Crippen molar-refractivity contribution < 1.29 is 9.53 Å². The number of aromatic nitrogens is 2. The lowest BCUT2D eigenvalue weighted by Gasteiger charge is -2.45. The summed E-state index contributed by atoms with van der Waals surface area (Å²) in [5, 5.41) is 4.36. The molecule has 4 rings (SSSR count). The van der Waals surface area contributed by atoms with Gasteiger partial charge in [-0.1, -0.05) is 6.42 Å². The van der Waals surface area contributed by atoms with Gasteiger partial charge in [0.1, 0.15) is 11.2 Å². The third kappa shape index (κ3) is 3.40. The second kappa shape index (κ2) is 7.81. The van der Waals surface area contributed by atoms with Gasteiger partial charge in [-0.2, -0.15) is 10.1 Å². The summed E-state index contributed by atoms with van der Waals surface area (Å²) in [5.41, 5.74) is 14.7. The number of ether oxygens (including phenoxy) is 1. The van der Waals surface area contributed by atoms with Crippen molar-refractivity contribution in [3.63, 3.8) is 0 Å². The summed E-state index contributed by atoms with van der Waals surface area (Å²) in [6, 6.07) is 7.82. The van der Waals surface area contributed by atoms with Gasteiger partial charge >= 0.3 is 5.97 Å². The van der Waals surface area contributed by atoms with E-state index in [4.69, 9.17) is 21.2 Å². The maximum absolute atomic E-state index is 12.1. The van der Waals surface area contributed by atoms with Crippen LogP contribution >= 0.6 is 0 Å². The van der Waals surface area contributed by atoms with Crippen molar-refractivity contribution >= 4 is 23.6 Å². The van der Waals surface area contributed by atoms with Gasteiger partial charge in [0.15, 0.2) is 0 Å². The number of nitrogens with two attached hydrogens (primary N) is 2. The predicted octanol–water partition coefficient (Wildman–Crippen LogP) is 2.47. The Labute approximate surface area is 175 Å². The number of benzene rings is 1. The van der Waals surface area contributed by atoms with Gasteiger partial charge in [0.05, 0.1) is 24.2 Å². The zero-order valence-electron chi connectivity index (χ0n) is 17.3. The topological polar surface area (TPSA) is 124 Å². The lowest BCUT2D eigenvalue weighted by Crippen LogP contribution is -2.58. The summed E-state index contributed by atoms with van der Waals surface area (Å²) >= 11 is 0. The Morgan fingerprint density at radius 1 is 1.13 bits per heavy atom. The van der Waals surface area contributed by atoms with Crippen LogP contribution in [0.3, 0.4) is 0 Å². The van der Waals surface area contributed by atoms with Crippen LogP contribution in [0.5, 0.6) is 0 Å². The molecule has 9 nitrogen and oxygen atoms in total. The zero-order valence-corrected chi connectivity index (χ0v) is 17.3. The fourth-order valence-electron chi connectivity index (χ4n) is 4.32. The van der Waals surface area contributed by atoms with Crippen LogP contribution in [0.2, 0.25) is 0 Å². The smallest absolute Gasteiger partial charge is 0.341 e. The van der Waals surface area contributed by atoms with Gasteiger partial charge < -0.3 is 16.2 Å². The highest BCUT2D eigenvalue weighted by molar-refractivity contribution is 6.05. The largest absolute Gasteiger partial charge is 0.462 e. The van der Waals surface area contributed by atoms with E-state index in [1.54, 1.807) is 11.6 Å². The van der Waals surface area contributed by atoms with Crippen molar-refractivity contribution in [3.8, 4) is 5.69 Å². The minimum absolute atomic E-state index is 0.237. The van der Waals surface area contributed by atoms with Gasteiger partial charge in [-0.3, -0.25) is 4.90 Å². The van der Waals surface area contributed by atoms with Crippen LogP contribution in [0.15, 0.2) is 40.4 Å². The number of aliphatic imine (C=N–C) groups is 2. The average molecular weight is 409 g/mol. The molecule has 158 valence electrons. The van der Waals surface area contributed by atoms with Crippen molar-refractivity contribution in [2.24, 2.45) is 21.5 Å². The predicted molar refractivity (Wildman–Crippen MR) is 116 cm³/mol. The molecule has 9 heteroatoms. The highest BCUT2D eigenvalue weighted by Crippen LogP contribution is 2.39. The molecule has 0 bridgehead atoms. The molecule has 1 aromatic carbocycles. The van der Waals surface area contributed by atoms with E-state index in [0.29, 0.717) is 18.1 Å². The van der Waals surface area contributed by atoms with Crippen LogP contribution in [-0.4, -0.2) is 39.9 Å². The molecule has 1 aromatic heterocycles. The summed E-state index contributed by atoms with van der Waals surface area (Å²) in [4.78, 5) is 23.0. The van der Waals surface area contributed by atoms with Crippen molar-refractivity contribution in [2.75, 3.05) is 11.5 Å². The zero-order chi connectivity index (χ0) is 21.3. The van der Waals surface area contributed by atoms with E-state index in [9.17, 15) is 4.79 Å². The van der Waals surface area contributed by atoms with Crippen LogP contribution in [0.4, 0.5) is 5.69 Å². The number of guanidine groups is 2. The van der Waals surface area contributed by atoms with Gasteiger partial charge in [-0.15, -0.1) is 0 Å². The minimum Gasteiger partial charge on any atom is -0.462 e. The first kappa shape index (κ1) is 19.9. The van der Waals surface area contributed by atoms with Gasteiger partial charge in [0, 0.05) is 5.69 Å². The van der Waals surface area contributed by atoms with Crippen LogP contribution in [0.25, 0.3) is 5.69 Å². The Morgan fingerprint density at radius 2 is 1.80 bits per heavy atom. The molecule has 0 atom stereocenters. The van der Waals surface area contributed by atoms with Gasteiger partial charge in [-0.25, -0.2) is 14.5 Å². The fourth-order valence-corrected chi connectivity index (χ4v) is 4.32. The highest BCUT2D eigenvalue weighted by Gasteiger charge is 2.42. The maximum Gasteiger partial charge on any atom is 0.341 e. The number of rotatable bonds is 4. The summed E-state index contributed by atoms with van der Waals surface area (Å²) in [6.45, 7) is 3.95. The van der Waals surface area contributed by atoms with E-state index in [-0.39, 0.29) is 11.9 Å². The fraction of sp³-hybridized carbons (Fsp3) is 0.429. The summed E-state index contributed by atoms with van der Waals surface area (Å²) in [7, 11) is 0. The molecule has 1 spiro atoms. The van der Waals surface area contributed by atoms with Gasteiger partial charge in [-0.05, 0) is 63.8 Å². The average Bonchev–Trinajstić information content (AvgIpc) is 3.10. The first-order valence-corrected chi connectivity index (χ1v) is 10.3.